The first kappa shape index (κ1) is 18.1. The van der Waals surface area contributed by atoms with Crippen LogP contribution in [0.5, 0.6) is 0 Å². The third-order valence-electron chi connectivity index (χ3n) is 3.07. The highest BCUT2D eigenvalue weighted by molar-refractivity contribution is 5.87. The Bertz CT molecular complexity index is 505. The van der Waals surface area contributed by atoms with Gasteiger partial charge in [0.1, 0.15) is 0 Å². The molecule has 7 heteroatoms. The van der Waals surface area contributed by atoms with Crippen molar-refractivity contribution in [1.29, 1.82) is 0 Å². The van der Waals surface area contributed by atoms with E-state index in [-0.39, 0.29) is 24.1 Å². The first-order valence-electron chi connectivity index (χ1n) is 7.21. The minimum absolute atomic E-state index is 0.0827. The van der Waals surface area contributed by atoms with Crippen molar-refractivity contribution in [3.05, 3.63) is 29.6 Å². The van der Waals surface area contributed by atoms with Gasteiger partial charge in [0.25, 0.3) is 0 Å². The number of hydrogen-bond acceptors (Lipinski definition) is 5. The fourth-order valence-corrected chi connectivity index (χ4v) is 1.86. The number of aromatic carboxylic acids is 1. The van der Waals surface area contributed by atoms with E-state index in [1.807, 2.05) is 21.0 Å². The lowest BCUT2D eigenvalue weighted by Crippen LogP contribution is -2.40. The summed E-state index contributed by atoms with van der Waals surface area (Å²) in [5.74, 6) is -1.07. The summed E-state index contributed by atoms with van der Waals surface area (Å²) in [6.07, 6.45) is 2.34. The molecule has 0 bridgehead atoms. The van der Waals surface area contributed by atoms with Crippen molar-refractivity contribution < 1.29 is 14.7 Å². The molecule has 1 unspecified atom stereocenters. The normalized spacial score (nSPS) is 12.2. The van der Waals surface area contributed by atoms with Crippen LogP contribution in [0.4, 0.5) is 0 Å². The topological polar surface area (TPSA) is 94.6 Å². The van der Waals surface area contributed by atoms with E-state index in [0.29, 0.717) is 12.2 Å². The third-order valence-corrected chi connectivity index (χ3v) is 3.07. The van der Waals surface area contributed by atoms with Crippen molar-refractivity contribution >= 4 is 11.9 Å². The Kier molecular flexibility index (Phi) is 7.48. The molecule has 0 aromatic carbocycles. The summed E-state index contributed by atoms with van der Waals surface area (Å²) in [6.45, 7) is 3.41. The number of carbonyl (C=O) groups excluding carboxylic acids is 1. The van der Waals surface area contributed by atoms with Crippen molar-refractivity contribution in [2.45, 2.75) is 25.9 Å². The molecule has 0 spiro atoms. The van der Waals surface area contributed by atoms with Gasteiger partial charge in [-0.25, -0.2) is 4.79 Å². The number of carbonyl (C=O) groups is 2. The lowest BCUT2D eigenvalue weighted by Gasteiger charge is -2.16. The van der Waals surface area contributed by atoms with Crippen LogP contribution in [0.25, 0.3) is 0 Å². The number of nitrogens with zero attached hydrogens (tertiary/aromatic N) is 2. The summed E-state index contributed by atoms with van der Waals surface area (Å²) in [6, 6.07) is 3.04. The molecule has 0 saturated heterocycles. The number of pyridine rings is 1. The number of rotatable bonds is 9. The highest BCUT2D eigenvalue weighted by Gasteiger charge is 2.08. The van der Waals surface area contributed by atoms with Crippen LogP contribution in [0, 0.1) is 0 Å². The van der Waals surface area contributed by atoms with Gasteiger partial charge in [0.05, 0.1) is 17.8 Å². The van der Waals surface area contributed by atoms with Gasteiger partial charge >= 0.3 is 5.97 Å². The maximum absolute atomic E-state index is 11.8. The van der Waals surface area contributed by atoms with Crippen molar-refractivity contribution in [2.75, 3.05) is 27.2 Å². The highest BCUT2D eigenvalue weighted by atomic mass is 16.4. The molecular weight excluding hydrogens is 284 g/mol. The molecule has 1 amide bonds. The summed E-state index contributed by atoms with van der Waals surface area (Å²) in [5, 5.41) is 14.8. The molecule has 122 valence electrons. The minimum Gasteiger partial charge on any atom is -0.478 e. The van der Waals surface area contributed by atoms with Crippen LogP contribution in [0.3, 0.4) is 0 Å². The maximum Gasteiger partial charge on any atom is 0.335 e. The Morgan fingerprint density at radius 1 is 1.41 bits per heavy atom. The fraction of sp³-hybridized carbons (Fsp3) is 0.533. The number of hydrogen-bond donors (Lipinski definition) is 3. The third kappa shape index (κ3) is 7.14. The van der Waals surface area contributed by atoms with Gasteiger partial charge in [0, 0.05) is 18.8 Å². The SMILES string of the molecule is CC(CCN(C)C)NC(=O)CNCc1cc(C(=O)O)ccn1. The van der Waals surface area contributed by atoms with Crippen LogP contribution >= 0.6 is 0 Å². The second kappa shape index (κ2) is 9.11. The molecule has 1 heterocycles. The van der Waals surface area contributed by atoms with Gasteiger partial charge < -0.3 is 20.6 Å². The standard InChI is InChI=1S/C15H24N4O3/c1-11(5-7-19(2)3)18-14(20)10-16-9-13-8-12(15(21)22)4-6-17-13/h4,6,8,11,16H,5,7,9-10H2,1-3H3,(H,18,20)(H,21,22). The van der Waals surface area contributed by atoms with Gasteiger partial charge in [-0.05, 0) is 46.1 Å². The lowest BCUT2D eigenvalue weighted by molar-refractivity contribution is -0.120. The maximum atomic E-state index is 11.8. The fourth-order valence-electron chi connectivity index (χ4n) is 1.86. The van der Waals surface area contributed by atoms with Crippen LogP contribution in [0.15, 0.2) is 18.3 Å². The molecule has 0 fully saturated rings. The van der Waals surface area contributed by atoms with Gasteiger partial charge in [-0.1, -0.05) is 0 Å². The Morgan fingerprint density at radius 3 is 2.77 bits per heavy atom. The Labute approximate surface area is 130 Å². The summed E-state index contributed by atoms with van der Waals surface area (Å²) in [5.41, 5.74) is 0.780. The van der Waals surface area contributed by atoms with E-state index in [0.717, 1.165) is 13.0 Å². The monoisotopic (exact) mass is 308 g/mol. The number of nitrogens with one attached hydrogen (secondary N) is 2. The highest BCUT2D eigenvalue weighted by Crippen LogP contribution is 2.01. The van der Waals surface area contributed by atoms with Crippen molar-refractivity contribution in [3.8, 4) is 0 Å². The first-order chi connectivity index (χ1) is 10.4. The Balaban J connectivity index is 2.30. The molecule has 3 N–H and O–H groups in total. The molecule has 22 heavy (non-hydrogen) atoms. The Morgan fingerprint density at radius 2 is 2.14 bits per heavy atom. The van der Waals surface area contributed by atoms with Crippen molar-refractivity contribution in [1.82, 2.24) is 20.5 Å². The zero-order chi connectivity index (χ0) is 16.5. The molecule has 0 aliphatic rings. The van der Waals surface area contributed by atoms with Gasteiger partial charge in [-0.3, -0.25) is 9.78 Å². The molecular formula is C15H24N4O3. The smallest absolute Gasteiger partial charge is 0.335 e. The number of carboxylic acids is 1. The minimum atomic E-state index is -0.990. The summed E-state index contributed by atoms with van der Waals surface area (Å²) in [7, 11) is 3.99. The summed E-state index contributed by atoms with van der Waals surface area (Å²) >= 11 is 0. The molecule has 1 aromatic heterocycles. The quantitative estimate of drug-likeness (QED) is 0.608. The lowest BCUT2D eigenvalue weighted by atomic mass is 10.2. The van der Waals surface area contributed by atoms with E-state index in [4.69, 9.17) is 5.11 Å². The van der Waals surface area contributed by atoms with Crippen molar-refractivity contribution in [3.63, 3.8) is 0 Å². The number of carboxylic acid groups (broad SMARTS) is 1. The summed E-state index contributed by atoms with van der Waals surface area (Å²) in [4.78, 5) is 28.7. The zero-order valence-electron chi connectivity index (χ0n) is 13.3. The van der Waals surface area contributed by atoms with Gasteiger partial charge in [0.15, 0.2) is 0 Å². The second-order valence-electron chi connectivity index (χ2n) is 5.51. The molecule has 0 aliphatic carbocycles. The predicted molar refractivity (Wildman–Crippen MR) is 83.7 cm³/mol. The van der Waals surface area contributed by atoms with Crippen LogP contribution in [-0.2, 0) is 11.3 Å². The molecule has 1 rings (SSSR count). The van der Waals surface area contributed by atoms with E-state index in [9.17, 15) is 9.59 Å². The van der Waals surface area contributed by atoms with E-state index < -0.39 is 5.97 Å². The molecule has 1 atom stereocenters. The van der Waals surface area contributed by atoms with E-state index in [1.165, 1.54) is 18.3 Å². The van der Waals surface area contributed by atoms with Crippen LogP contribution in [0.1, 0.15) is 29.4 Å². The average molecular weight is 308 g/mol. The largest absolute Gasteiger partial charge is 0.478 e. The number of amides is 1. The van der Waals surface area contributed by atoms with Gasteiger partial charge in [-0.2, -0.15) is 0 Å². The van der Waals surface area contributed by atoms with Crippen LogP contribution < -0.4 is 10.6 Å². The van der Waals surface area contributed by atoms with Crippen LogP contribution in [-0.4, -0.2) is 60.1 Å². The molecule has 1 aromatic rings. The Hall–Kier alpha value is -1.99. The van der Waals surface area contributed by atoms with Gasteiger partial charge in [-0.15, -0.1) is 0 Å². The molecule has 0 aliphatic heterocycles. The second-order valence-corrected chi connectivity index (χ2v) is 5.51. The predicted octanol–water partition coefficient (Wildman–Crippen LogP) is 0.326. The van der Waals surface area contributed by atoms with Gasteiger partial charge in [0.2, 0.25) is 5.91 Å². The number of aromatic nitrogens is 1. The molecule has 0 radical (unpaired) electrons. The van der Waals surface area contributed by atoms with E-state index in [1.54, 1.807) is 0 Å². The van der Waals surface area contributed by atoms with Crippen LogP contribution in [0.2, 0.25) is 0 Å². The molecule has 7 nitrogen and oxygen atoms in total. The first-order valence-corrected chi connectivity index (χ1v) is 7.21. The van der Waals surface area contributed by atoms with Crippen molar-refractivity contribution in [2.24, 2.45) is 0 Å². The molecule has 0 saturated carbocycles. The zero-order valence-corrected chi connectivity index (χ0v) is 13.3. The summed E-state index contributed by atoms with van der Waals surface area (Å²) < 4.78 is 0. The van der Waals surface area contributed by atoms with E-state index >= 15 is 0 Å². The van der Waals surface area contributed by atoms with E-state index in [2.05, 4.69) is 20.5 Å². The average Bonchev–Trinajstić information content (AvgIpc) is 2.45.